The number of methoxy groups -OCH3 is 1. The van der Waals surface area contributed by atoms with E-state index in [2.05, 4.69) is 15.5 Å². The van der Waals surface area contributed by atoms with Crippen molar-refractivity contribution in [3.8, 4) is 11.5 Å². The van der Waals surface area contributed by atoms with Crippen molar-refractivity contribution in [2.75, 3.05) is 13.7 Å². The fourth-order valence-corrected chi connectivity index (χ4v) is 1.76. The van der Waals surface area contributed by atoms with Crippen LogP contribution in [0.2, 0.25) is 0 Å². The average molecular weight is 329 g/mol. The van der Waals surface area contributed by atoms with Gasteiger partial charge in [0.15, 0.2) is 18.1 Å². The molecule has 24 heavy (non-hydrogen) atoms. The third-order valence-electron chi connectivity index (χ3n) is 2.86. The van der Waals surface area contributed by atoms with Gasteiger partial charge in [0.25, 0.3) is 5.91 Å². The minimum atomic E-state index is -1.08. The highest BCUT2D eigenvalue weighted by Crippen LogP contribution is 2.27. The van der Waals surface area contributed by atoms with Crippen molar-refractivity contribution in [1.82, 2.24) is 10.4 Å². The monoisotopic (exact) mass is 329 g/mol. The zero-order valence-corrected chi connectivity index (χ0v) is 12.8. The molecule has 8 nitrogen and oxygen atoms in total. The molecule has 2 rings (SSSR count). The smallest absolute Gasteiger partial charge is 0.341 e. The molecule has 0 spiro atoms. The van der Waals surface area contributed by atoms with E-state index in [1.807, 2.05) is 0 Å². The van der Waals surface area contributed by atoms with E-state index >= 15 is 0 Å². The minimum absolute atomic E-state index is 0.304. The number of carboxylic acid groups (broad SMARTS) is 1. The van der Waals surface area contributed by atoms with Crippen LogP contribution in [0.4, 0.5) is 0 Å². The number of pyridine rings is 1. The second-order valence-electron chi connectivity index (χ2n) is 4.53. The number of hydrazone groups is 1. The molecule has 0 unspecified atom stereocenters. The second-order valence-corrected chi connectivity index (χ2v) is 4.53. The highest BCUT2D eigenvalue weighted by atomic mass is 16.5. The number of hydrogen-bond acceptors (Lipinski definition) is 6. The maximum absolute atomic E-state index is 11.8. The Balaban J connectivity index is 2.01. The molecular formula is C16H15N3O5. The summed E-state index contributed by atoms with van der Waals surface area (Å²) in [6, 6.07) is 7.97. The largest absolute Gasteiger partial charge is 0.493 e. The molecule has 1 amide bonds. The predicted octanol–water partition coefficient (Wildman–Crippen LogP) is 1.32. The Morgan fingerprint density at radius 2 is 2.00 bits per heavy atom. The maximum Gasteiger partial charge on any atom is 0.341 e. The van der Waals surface area contributed by atoms with Crippen molar-refractivity contribution in [1.29, 1.82) is 0 Å². The Hall–Kier alpha value is -3.42. The molecule has 0 atom stereocenters. The molecule has 0 aliphatic carbocycles. The van der Waals surface area contributed by atoms with Crippen LogP contribution in [0.1, 0.15) is 15.9 Å². The van der Waals surface area contributed by atoms with Gasteiger partial charge in [0, 0.05) is 18.0 Å². The Kier molecular flexibility index (Phi) is 5.84. The number of carbonyl (C=O) groups excluding carboxylic acids is 1. The van der Waals surface area contributed by atoms with Gasteiger partial charge in [0.2, 0.25) is 0 Å². The van der Waals surface area contributed by atoms with Gasteiger partial charge >= 0.3 is 5.97 Å². The number of carbonyl (C=O) groups is 2. The quantitative estimate of drug-likeness (QED) is 0.585. The molecule has 0 aliphatic heterocycles. The Morgan fingerprint density at radius 1 is 1.25 bits per heavy atom. The van der Waals surface area contributed by atoms with Crippen LogP contribution in [0, 0.1) is 0 Å². The van der Waals surface area contributed by atoms with E-state index in [1.165, 1.54) is 25.7 Å². The second kappa shape index (κ2) is 8.28. The van der Waals surface area contributed by atoms with E-state index in [0.717, 1.165) is 0 Å². The van der Waals surface area contributed by atoms with Crippen molar-refractivity contribution < 1.29 is 24.2 Å². The molecule has 8 heteroatoms. The van der Waals surface area contributed by atoms with Crippen LogP contribution in [-0.2, 0) is 4.79 Å². The number of carboxylic acids is 1. The molecule has 1 heterocycles. The van der Waals surface area contributed by atoms with Crippen LogP contribution in [0.15, 0.2) is 47.8 Å². The van der Waals surface area contributed by atoms with Gasteiger partial charge in [-0.2, -0.15) is 5.10 Å². The normalized spacial score (nSPS) is 10.4. The van der Waals surface area contributed by atoms with Gasteiger partial charge in [-0.3, -0.25) is 9.78 Å². The van der Waals surface area contributed by atoms with Gasteiger partial charge in [-0.1, -0.05) is 0 Å². The number of benzene rings is 1. The van der Waals surface area contributed by atoms with E-state index in [4.69, 9.17) is 14.6 Å². The number of nitrogens with zero attached hydrogens (tertiary/aromatic N) is 2. The van der Waals surface area contributed by atoms with Gasteiger partial charge in [0.05, 0.1) is 13.3 Å². The topological polar surface area (TPSA) is 110 Å². The lowest BCUT2D eigenvalue weighted by Crippen LogP contribution is -2.17. The van der Waals surface area contributed by atoms with Crippen molar-refractivity contribution in [3.63, 3.8) is 0 Å². The van der Waals surface area contributed by atoms with Crippen LogP contribution in [0.5, 0.6) is 11.5 Å². The number of hydrogen-bond donors (Lipinski definition) is 2. The SMILES string of the molecule is COc1cc(C=NNC(=O)c2ccncc2)ccc1OCC(=O)O. The molecule has 0 saturated heterocycles. The molecule has 0 radical (unpaired) electrons. The van der Waals surface area contributed by atoms with Gasteiger partial charge in [-0.25, -0.2) is 10.2 Å². The first-order valence-corrected chi connectivity index (χ1v) is 6.86. The number of amides is 1. The van der Waals surface area contributed by atoms with Crippen LogP contribution in [0.25, 0.3) is 0 Å². The van der Waals surface area contributed by atoms with E-state index in [-0.39, 0.29) is 5.91 Å². The molecular weight excluding hydrogens is 314 g/mol. The molecule has 1 aromatic carbocycles. The number of ether oxygens (including phenoxy) is 2. The molecule has 1 aromatic heterocycles. The third kappa shape index (κ3) is 4.80. The molecule has 0 aliphatic rings. The first-order chi connectivity index (χ1) is 11.6. The Labute approximate surface area is 137 Å². The average Bonchev–Trinajstić information content (AvgIpc) is 2.61. The Morgan fingerprint density at radius 3 is 2.67 bits per heavy atom. The Bertz CT molecular complexity index is 747. The fourth-order valence-electron chi connectivity index (χ4n) is 1.76. The van der Waals surface area contributed by atoms with E-state index < -0.39 is 12.6 Å². The number of aromatic nitrogens is 1. The lowest BCUT2D eigenvalue weighted by Gasteiger charge is -2.09. The molecule has 124 valence electrons. The van der Waals surface area contributed by atoms with E-state index in [9.17, 15) is 9.59 Å². The highest BCUT2D eigenvalue weighted by molar-refractivity contribution is 5.94. The summed E-state index contributed by atoms with van der Waals surface area (Å²) in [5.41, 5.74) is 3.48. The lowest BCUT2D eigenvalue weighted by molar-refractivity contribution is -0.139. The van der Waals surface area contributed by atoms with Crippen LogP contribution in [-0.4, -0.2) is 41.9 Å². The summed E-state index contributed by atoms with van der Waals surface area (Å²) in [5, 5.41) is 12.5. The van der Waals surface area contributed by atoms with Gasteiger partial charge in [0.1, 0.15) is 0 Å². The minimum Gasteiger partial charge on any atom is -0.493 e. The maximum atomic E-state index is 11.8. The zero-order chi connectivity index (χ0) is 17.4. The zero-order valence-electron chi connectivity index (χ0n) is 12.8. The fraction of sp³-hybridized carbons (Fsp3) is 0.125. The lowest BCUT2D eigenvalue weighted by atomic mass is 10.2. The van der Waals surface area contributed by atoms with Gasteiger partial charge in [-0.05, 0) is 35.9 Å². The van der Waals surface area contributed by atoms with Gasteiger partial charge in [-0.15, -0.1) is 0 Å². The summed E-state index contributed by atoms with van der Waals surface area (Å²) in [4.78, 5) is 26.2. The number of aliphatic carboxylic acids is 1. The van der Waals surface area contributed by atoms with E-state index in [1.54, 1.807) is 30.3 Å². The summed E-state index contributed by atoms with van der Waals surface area (Å²) >= 11 is 0. The highest BCUT2D eigenvalue weighted by Gasteiger charge is 2.07. The summed E-state index contributed by atoms with van der Waals surface area (Å²) in [7, 11) is 1.44. The van der Waals surface area contributed by atoms with Crippen LogP contribution >= 0.6 is 0 Å². The molecule has 0 bridgehead atoms. The van der Waals surface area contributed by atoms with Crippen molar-refractivity contribution in [2.24, 2.45) is 5.10 Å². The molecule has 0 saturated carbocycles. The van der Waals surface area contributed by atoms with Crippen molar-refractivity contribution in [2.45, 2.75) is 0 Å². The van der Waals surface area contributed by atoms with Crippen molar-refractivity contribution in [3.05, 3.63) is 53.9 Å². The summed E-state index contributed by atoms with van der Waals surface area (Å²) in [6.07, 6.45) is 4.46. The van der Waals surface area contributed by atoms with Crippen LogP contribution in [0.3, 0.4) is 0 Å². The van der Waals surface area contributed by atoms with E-state index in [0.29, 0.717) is 22.6 Å². The summed E-state index contributed by atoms with van der Waals surface area (Å²) in [6.45, 7) is -0.466. The first kappa shape index (κ1) is 16.9. The standard InChI is InChI=1S/C16H15N3O5/c1-23-14-8-11(2-3-13(14)24-10-15(20)21)9-18-19-16(22)12-4-6-17-7-5-12/h2-9H,10H2,1H3,(H,19,22)(H,20,21). The molecule has 2 N–H and O–H groups in total. The van der Waals surface area contributed by atoms with Gasteiger partial charge < -0.3 is 14.6 Å². The first-order valence-electron chi connectivity index (χ1n) is 6.86. The number of nitrogens with one attached hydrogen (secondary N) is 1. The summed E-state index contributed by atoms with van der Waals surface area (Å²) in [5.74, 6) is -0.776. The number of rotatable bonds is 7. The van der Waals surface area contributed by atoms with Crippen LogP contribution < -0.4 is 14.9 Å². The summed E-state index contributed by atoms with van der Waals surface area (Å²) < 4.78 is 10.2. The molecule has 2 aromatic rings. The molecule has 0 fully saturated rings. The van der Waals surface area contributed by atoms with Crippen molar-refractivity contribution >= 4 is 18.1 Å². The predicted molar refractivity (Wildman–Crippen MR) is 85.4 cm³/mol. The third-order valence-corrected chi connectivity index (χ3v) is 2.86.